The summed E-state index contributed by atoms with van der Waals surface area (Å²) in [5, 5.41) is 18.7. The number of nitrogens with zero attached hydrogens (tertiary/aromatic N) is 1. The van der Waals surface area contributed by atoms with Crippen LogP contribution in [0.15, 0.2) is 42.5 Å². The first-order valence-electron chi connectivity index (χ1n) is 15.8. The Bertz CT molecular complexity index is 1430. The van der Waals surface area contributed by atoms with Gasteiger partial charge in [-0.2, -0.15) is 0 Å². The van der Waals surface area contributed by atoms with Gasteiger partial charge in [0.1, 0.15) is 17.8 Å². The number of aromatic hydroxyl groups is 1. The van der Waals surface area contributed by atoms with E-state index in [9.17, 15) is 24.3 Å². The van der Waals surface area contributed by atoms with Gasteiger partial charge in [-0.15, -0.1) is 0 Å². The van der Waals surface area contributed by atoms with Gasteiger partial charge in [-0.25, -0.2) is 4.79 Å². The number of nitrogens with one attached hydrogen (secondary N) is 3. The zero-order valence-electron chi connectivity index (χ0n) is 27.5. The van der Waals surface area contributed by atoms with E-state index in [1.54, 1.807) is 18.2 Å². The van der Waals surface area contributed by atoms with E-state index in [1.165, 1.54) is 17.5 Å². The molecule has 0 bridgehead atoms. The van der Waals surface area contributed by atoms with Crippen LogP contribution in [-0.4, -0.2) is 59.1 Å². The summed E-state index contributed by atoms with van der Waals surface area (Å²) < 4.78 is 5.43. The summed E-state index contributed by atoms with van der Waals surface area (Å²) in [6.07, 6.45) is 1.33. The van der Waals surface area contributed by atoms with Gasteiger partial charge >= 0.3 is 6.09 Å². The number of carbonyl (C=O) groups is 4. The summed E-state index contributed by atoms with van der Waals surface area (Å²) >= 11 is 0. The Morgan fingerprint density at radius 2 is 1.71 bits per heavy atom. The molecule has 10 nitrogen and oxygen atoms in total. The molecule has 1 heterocycles. The van der Waals surface area contributed by atoms with Crippen molar-refractivity contribution < 1.29 is 29.0 Å². The molecule has 10 heteroatoms. The van der Waals surface area contributed by atoms with Crippen LogP contribution in [0.4, 0.5) is 4.79 Å². The lowest BCUT2D eigenvalue weighted by Gasteiger charge is -2.42. The highest BCUT2D eigenvalue weighted by molar-refractivity contribution is 5.94. The summed E-state index contributed by atoms with van der Waals surface area (Å²) in [4.78, 5) is 55.9. The second-order valence-corrected chi connectivity index (χ2v) is 14.5. The summed E-state index contributed by atoms with van der Waals surface area (Å²) in [5.41, 5.74) is 2.82. The van der Waals surface area contributed by atoms with Crippen molar-refractivity contribution in [2.75, 3.05) is 7.05 Å². The van der Waals surface area contributed by atoms with Gasteiger partial charge in [0.25, 0.3) is 5.91 Å². The Balaban J connectivity index is 1.65. The van der Waals surface area contributed by atoms with E-state index >= 15 is 0 Å². The lowest BCUT2D eigenvalue weighted by Crippen LogP contribution is -2.62. The van der Waals surface area contributed by atoms with E-state index in [0.29, 0.717) is 0 Å². The first kappa shape index (κ1) is 33.8. The molecule has 4 atom stereocenters. The van der Waals surface area contributed by atoms with E-state index in [2.05, 4.69) is 22.0 Å². The highest BCUT2D eigenvalue weighted by Crippen LogP contribution is 2.33. The molecule has 2 aromatic carbocycles. The Kier molecular flexibility index (Phi) is 10.1. The van der Waals surface area contributed by atoms with Crippen LogP contribution in [0.1, 0.15) is 89.1 Å². The predicted octanol–water partition coefficient (Wildman–Crippen LogP) is 4.53. The quantitative estimate of drug-likeness (QED) is 0.359. The van der Waals surface area contributed by atoms with Crippen LogP contribution < -0.4 is 16.0 Å². The first-order valence-corrected chi connectivity index (χ1v) is 15.8. The molecule has 4 amide bonds. The number of hydrogen-bond acceptors (Lipinski definition) is 6. The topological polar surface area (TPSA) is 137 Å². The Labute approximate surface area is 266 Å². The van der Waals surface area contributed by atoms with E-state index in [1.807, 2.05) is 59.7 Å². The fourth-order valence-corrected chi connectivity index (χ4v) is 6.19. The number of aryl methyl sites for hydroxylation is 1. The van der Waals surface area contributed by atoms with Crippen molar-refractivity contribution in [2.24, 2.45) is 10.8 Å². The molecule has 0 aromatic heterocycles. The van der Waals surface area contributed by atoms with Crippen molar-refractivity contribution in [2.45, 2.75) is 104 Å². The largest absolute Gasteiger partial charge is 0.508 e. The van der Waals surface area contributed by atoms with E-state index in [4.69, 9.17) is 4.74 Å². The van der Waals surface area contributed by atoms with Crippen molar-refractivity contribution in [1.29, 1.82) is 0 Å². The molecular weight excluding hydrogens is 572 g/mol. The van der Waals surface area contributed by atoms with Gasteiger partial charge in [0, 0.05) is 20.0 Å². The number of ether oxygens (including phenoxy) is 1. The van der Waals surface area contributed by atoms with Gasteiger partial charge in [-0.1, -0.05) is 71.9 Å². The molecule has 0 unspecified atom stereocenters. The Morgan fingerprint density at radius 1 is 1.00 bits per heavy atom. The Morgan fingerprint density at radius 3 is 2.38 bits per heavy atom. The number of hydrogen-bond donors (Lipinski definition) is 4. The molecule has 244 valence electrons. The van der Waals surface area contributed by atoms with Crippen LogP contribution in [0.5, 0.6) is 5.75 Å². The number of phenolic OH excluding ortho intramolecular Hbond substituents is 1. The number of fused-ring (bicyclic) bond motifs is 2. The zero-order valence-corrected chi connectivity index (χ0v) is 27.5. The SMILES string of the molecule is CNC(=O)O[C@@H](CC(C)(C)C)C(=O)N[C@H](C(=O)N1Cc2cc(O)ccc2C[C@H]1C(=O)N[C@@H]1CCCc2ccccc21)C(C)(C)C. The number of rotatable bonds is 7. The third-order valence-electron chi connectivity index (χ3n) is 8.53. The highest BCUT2D eigenvalue weighted by Gasteiger charge is 2.44. The molecule has 1 aliphatic heterocycles. The van der Waals surface area contributed by atoms with Gasteiger partial charge in [-0.3, -0.25) is 14.4 Å². The maximum absolute atomic E-state index is 14.5. The molecule has 0 fully saturated rings. The third kappa shape index (κ3) is 8.35. The third-order valence-corrected chi connectivity index (χ3v) is 8.53. The van der Waals surface area contributed by atoms with Crippen LogP contribution in [0.25, 0.3) is 0 Å². The van der Waals surface area contributed by atoms with E-state index < -0.39 is 41.5 Å². The van der Waals surface area contributed by atoms with Crippen molar-refractivity contribution in [3.63, 3.8) is 0 Å². The van der Waals surface area contributed by atoms with Gasteiger partial charge in [0.15, 0.2) is 6.10 Å². The fourth-order valence-electron chi connectivity index (χ4n) is 6.19. The molecule has 0 saturated heterocycles. The van der Waals surface area contributed by atoms with E-state index in [0.717, 1.165) is 36.0 Å². The highest BCUT2D eigenvalue weighted by atomic mass is 16.6. The van der Waals surface area contributed by atoms with Crippen molar-refractivity contribution in [1.82, 2.24) is 20.9 Å². The maximum atomic E-state index is 14.5. The second-order valence-electron chi connectivity index (χ2n) is 14.5. The summed E-state index contributed by atoms with van der Waals surface area (Å²) in [7, 11) is 1.42. The van der Waals surface area contributed by atoms with E-state index in [-0.39, 0.29) is 42.5 Å². The molecule has 45 heavy (non-hydrogen) atoms. The fraction of sp³-hybridized carbons (Fsp3) is 0.543. The van der Waals surface area contributed by atoms with Crippen molar-refractivity contribution in [3.05, 3.63) is 64.7 Å². The molecule has 0 spiro atoms. The number of alkyl carbamates (subject to hydrolysis) is 1. The predicted molar refractivity (Wildman–Crippen MR) is 171 cm³/mol. The molecule has 0 radical (unpaired) electrons. The van der Waals surface area contributed by atoms with Crippen molar-refractivity contribution in [3.8, 4) is 5.75 Å². The van der Waals surface area contributed by atoms with Crippen LogP contribution in [0, 0.1) is 10.8 Å². The summed E-state index contributed by atoms with van der Waals surface area (Å²) in [6.45, 7) is 11.4. The average molecular weight is 621 g/mol. The normalized spacial score (nSPS) is 19.3. The maximum Gasteiger partial charge on any atom is 0.407 e. The lowest BCUT2D eigenvalue weighted by atomic mass is 9.83. The van der Waals surface area contributed by atoms with Crippen molar-refractivity contribution >= 4 is 23.8 Å². The average Bonchev–Trinajstić information content (AvgIpc) is 2.97. The van der Waals surface area contributed by atoms with Crippen LogP contribution in [-0.2, 0) is 38.5 Å². The number of phenols is 1. The standard InChI is InChI=1S/C35H48N4O6/c1-34(2,3)19-28(45-33(44)36-7)31(42)38-29(35(4,5)6)32(43)39-20-23-17-24(40)16-15-22(23)18-27(39)30(41)37-26-14-10-12-21-11-8-9-13-25(21)26/h8-9,11,13,15-17,26-29,40H,10,12,14,18-20H2,1-7H3,(H,36,44)(H,37,41)(H,38,42)/t26-,27+,28+,29-/m1/s1. The van der Waals surface area contributed by atoms with Crippen LogP contribution >= 0.6 is 0 Å². The molecule has 4 N–H and O–H groups in total. The minimum Gasteiger partial charge on any atom is -0.508 e. The minimum atomic E-state index is -1.13. The molecule has 0 saturated carbocycles. The summed E-state index contributed by atoms with van der Waals surface area (Å²) in [5.74, 6) is -1.21. The van der Waals surface area contributed by atoms with Gasteiger partial charge in [-0.05, 0) is 70.9 Å². The van der Waals surface area contributed by atoms with Crippen LogP contribution in [0.2, 0.25) is 0 Å². The Hall–Kier alpha value is -4.08. The zero-order chi connectivity index (χ0) is 33.1. The smallest absolute Gasteiger partial charge is 0.407 e. The molecule has 2 aromatic rings. The lowest BCUT2D eigenvalue weighted by molar-refractivity contribution is -0.148. The van der Waals surface area contributed by atoms with Crippen LogP contribution in [0.3, 0.4) is 0 Å². The number of carbonyl (C=O) groups excluding carboxylic acids is 4. The monoisotopic (exact) mass is 620 g/mol. The number of benzene rings is 2. The van der Waals surface area contributed by atoms with Gasteiger partial charge < -0.3 is 30.7 Å². The molecule has 4 rings (SSSR count). The molecule has 1 aliphatic carbocycles. The number of amides is 4. The molecule has 2 aliphatic rings. The van der Waals surface area contributed by atoms with Gasteiger partial charge in [0.2, 0.25) is 11.8 Å². The van der Waals surface area contributed by atoms with Gasteiger partial charge in [0.05, 0.1) is 6.04 Å². The first-order chi connectivity index (χ1) is 21.1. The second kappa shape index (κ2) is 13.5. The minimum absolute atomic E-state index is 0.0694. The molecular formula is C35H48N4O6. The summed E-state index contributed by atoms with van der Waals surface area (Å²) in [6, 6.07) is 11.1.